The number of hydrogen-bond acceptors (Lipinski definition) is 6. The monoisotopic (exact) mass is 494 g/mol. The molecule has 178 valence electrons. The van der Waals surface area contributed by atoms with Gasteiger partial charge in [0, 0.05) is 30.4 Å². The van der Waals surface area contributed by atoms with E-state index in [4.69, 9.17) is 22.1 Å². The van der Waals surface area contributed by atoms with Crippen molar-refractivity contribution in [3.8, 4) is 5.75 Å². The summed E-state index contributed by atoms with van der Waals surface area (Å²) in [5.74, 6) is -0.463. The molecular formula is C23H26ClFN3O4S-. The molecule has 7 nitrogen and oxygen atoms in total. The van der Waals surface area contributed by atoms with Crippen LogP contribution in [0.1, 0.15) is 24.0 Å². The molecule has 2 aromatic rings. The molecule has 1 unspecified atom stereocenters. The smallest absolute Gasteiger partial charge is 0.237 e. The lowest BCUT2D eigenvalue weighted by molar-refractivity contribution is -0.124. The number of anilines is 1. The Hall–Kier alpha value is -2.04. The average molecular weight is 495 g/mol. The van der Waals surface area contributed by atoms with Crippen molar-refractivity contribution in [2.75, 3.05) is 44.7 Å². The number of halogens is 2. The number of rotatable bonds is 7. The zero-order valence-corrected chi connectivity index (χ0v) is 19.9. The van der Waals surface area contributed by atoms with Gasteiger partial charge in [0.2, 0.25) is 5.91 Å². The van der Waals surface area contributed by atoms with Gasteiger partial charge in [0.1, 0.15) is 18.2 Å². The van der Waals surface area contributed by atoms with Gasteiger partial charge in [-0.25, -0.2) is 4.39 Å². The van der Waals surface area contributed by atoms with E-state index in [1.165, 1.54) is 6.07 Å². The molecule has 2 N–H and O–H groups in total. The molecule has 0 saturated carbocycles. The van der Waals surface area contributed by atoms with Gasteiger partial charge >= 0.3 is 0 Å². The van der Waals surface area contributed by atoms with Crippen molar-refractivity contribution < 1.29 is 22.7 Å². The van der Waals surface area contributed by atoms with Crippen LogP contribution >= 0.6 is 11.6 Å². The SMILES string of the molecule is CN1C(=O)C2(CCN(CCOc3cc(F)c(S(=O)[O-])c(CCN)c3)CC2)c2cc(Cl)ccc21. The predicted molar refractivity (Wildman–Crippen MR) is 124 cm³/mol. The van der Waals surface area contributed by atoms with Crippen molar-refractivity contribution in [1.82, 2.24) is 4.90 Å². The van der Waals surface area contributed by atoms with Crippen molar-refractivity contribution >= 4 is 34.3 Å². The summed E-state index contributed by atoms with van der Waals surface area (Å²) in [6, 6.07) is 8.22. The minimum atomic E-state index is -2.68. The highest BCUT2D eigenvalue weighted by atomic mass is 35.5. The molecule has 0 aliphatic carbocycles. The normalized spacial score (nSPS) is 18.6. The maximum atomic E-state index is 14.3. The van der Waals surface area contributed by atoms with Crippen LogP contribution in [0, 0.1) is 5.82 Å². The summed E-state index contributed by atoms with van der Waals surface area (Å²) in [7, 11) is 1.80. The number of carbonyl (C=O) groups excluding carboxylic acids is 1. The van der Waals surface area contributed by atoms with Crippen LogP contribution in [-0.2, 0) is 27.7 Å². The summed E-state index contributed by atoms with van der Waals surface area (Å²) in [5.41, 5.74) is 7.20. The first kappa shape index (κ1) is 24.1. The third-order valence-electron chi connectivity index (χ3n) is 6.61. The number of benzene rings is 2. The van der Waals surface area contributed by atoms with Crippen LogP contribution in [0.5, 0.6) is 5.75 Å². The molecule has 0 aromatic heterocycles. The zero-order valence-electron chi connectivity index (χ0n) is 18.3. The number of carbonyl (C=O) groups is 1. The Labute approximate surface area is 199 Å². The van der Waals surface area contributed by atoms with Crippen LogP contribution in [-0.4, -0.2) is 59.4 Å². The number of fused-ring (bicyclic) bond motifs is 2. The number of hydrogen-bond donors (Lipinski definition) is 1. The maximum Gasteiger partial charge on any atom is 0.237 e. The largest absolute Gasteiger partial charge is 0.768 e. The molecule has 1 amide bonds. The van der Waals surface area contributed by atoms with Crippen molar-refractivity contribution in [2.24, 2.45) is 5.73 Å². The van der Waals surface area contributed by atoms with Gasteiger partial charge in [-0.05, 0) is 85.4 Å². The molecule has 2 heterocycles. The molecule has 2 aliphatic rings. The van der Waals surface area contributed by atoms with E-state index >= 15 is 0 Å². The lowest BCUT2D eigenvalue weighted by atomic mass is 9.73. The molecule has 4 rings (SSSR count). The van der Waals surface area contributed by atoms with Crippen LogP contribution in [0.4, 0.5) is 10.1 Å². The molecule has 10 heteroatoms. The first-order valence-corrected chi connectivity index (χ1v) is 12.3. The van der Waals surface area contributed by atoms with Crippen LogP contribution in [0.2, 0.25) is 5.02 Å². The van der Waals surface area contributed by atoms with Gasteiger partial charge in [0.25, 0.3) is 0 Å². The molecule has 1 atom stereocenters. The lowest BCUT2D eigenvalue weighted by Crippen LogP contribution is -2.48. The van der Waals surface area contributed by atoms with Gasteiger partial charge in [0.05, 0.1) is 10.3 Å². The molecule has 1 spiro atoms. The van der Waals surface area contributed by atoms with E-state index in [2.05, 4.69) is 4.90 Å². The van der Waals surface area contributed by atoms with Crippen LogP contribution in [0.25, 0.3) is 0 Å². The van der Waals surface area contributed by atoms with Crippen LogP contribution in [0.15, 0.2) is 35.2 Å². The van der Waals surface area contributed by atoms with Gasteiger partial charge < -0.3 is 19.9 Å². The fraction of sp³-hybridized carbons (Fsp3) is 0.435. The zero-order chi connectivity index (χ0) is 23.8. The molecule has 1 saturated heterocycles. The first-order chi connectivity index (χ1) is 15.8. The fourth-order valence-electron chi connectivity index (χ4n) is 4.90. The van der Waals surface area contributed by atoms with Crippen molar-refractivity contribution in [3.05, 3.63) is 52.3 Å². The van der Waals surface area contributed by atoms with Gasteiger partial charge in [-0.3, -0.25) is 13.9 Å². The summed E-state index contributed by atoms with van der Waals surface area (Å²) in [6.07, 6.45) is 1.60. The number of likely N-dealkylation sites (tertiary alicyclic amines) is 1. The molecule has 2 aromatic carbocycles. The van der Waals surface area contributed by atoms with Crippen LogP contribution in [0.3, 0.4) is 0 Å². The van der Waals surface area contributed by atoms with E-state index in [9.17, 15) is 17.9 Å². The van der Waals surface area contributed by atoms with E-state index in [1.807, 2.05) is 12.1 Å². The average Bonchev–Trinajstić information content (AvgIpc) is 2.96. The van der Waals surface area contributed by atoms with Crippen molar-refractivity contribution in [2.45, 2.75) is 29.6 Å². The first-order valence-electron chi connectivity index (χ1n) is 10.8. The molecule has 1 fully saturated rings. The summed E-state index contributed by atoms with van der Waals surface area (Å²) < 4.78 is 42.7. The Bertz CT molecular complexity index is 1090. The van der Waals surface area contributed by atoms with Crippen molar-refractivity contribution in [3.63, 3.8) is 0 Å². The number of likely N-dealkylation sites (N-methyl/N-ethyl adjacent to an activating group) is 1. The van der Waals surface area contributed by atoms with Crippen LogP contribution < -0.4 is 15.4 Å². The summed E-state index contributed by atoms with van der Waals surface area (Å²) in [5, 5.41) is 0.625. The predicted octanol–water partition coefficient (Wildman–Crippen LogP) is 2.61. The van der Waals surface area contributed by atoms with E-state index in [0.29, 0.717) is 36.6 Å². The quantitative estimate of drug-likeness (QED) is 0.594. The maximum absolute atomic E-state index is 14.3. The van der Waals surface area contributed by atoms with E-state index < -0.39 is 22.3 Å². The minimum Gasteiger partial charge on any atom is -0.768 e. The third kappa shape index (κ3) is 4.52. The minimum absolute atomic E-state index is 0.106. The second kappa shape index (κ2) is 9.68. The number of nitrogens with two attached hydrogens (primary N) is 1. The Balaban J connectivity index is 1.38. The second-order valence-electron chi connectivity index (χ2n) is 8.46. The molecule has 0 bridgehead atoms. The highest BCUT2D eigenvalue weighted by Gasteiger charge is 2.50. The molecule has 33 heavy (non-hydrogen) atoms. The third-order valence-corrected chi connectivity index (χ3v) is 7.64. The van der Waals surface area contributed by atoms with E-state index in [0.717, 1.165) is 30.4 Å². The van der Waals surface area contributed by atoms with E-state index in [1.54, 1.807) is 18.0 Å². The standard InChI is InChI=1S/C23H27ClFN3O4S/c1-27-20-3-2-16(24)13-18(20)23(22(27)29)5-8-28(9-6-23)10-11-32-17-12-15(4-7-26)21(33(30)31)19(25)14-17/h2-3,12-14H,4-11,26H2,1H3,(H,30,31)/p-1. The highest BCUT2D eigenvalue weighted by Crippen LogP contribution is 2.48. The number of ether oxygens (including phenoxy) is 1. The molecule has 2 aliphatic heterocycles. The summed E-state index contributed by atoms with van der Waals surface area (Å²) >= 11 is 3.54. The lowest BCUT2D eigenvalue weighted by Gasteiger charge is -2.38. The summed E-state index contributed by atoms with van der Waals surface area (Å²) in [6.45, 7) is 2.55. The Morgan fingerprint density at radius 1 is 1.27 bits per heavy atom. The summed E-state index contributed by atoms with van der Waals surface area (Å²) in [4.78, 5) is 16.7. The Morgan fingerprint density at radius 3 is 2.67 bits per heavy atom. The Morgan fingerprint density at radius 2 is 2.00 bits per heavy atom. The Kier molecular flexibility index (Phi) is 7.07. The highest BCUT2D eigenvalue weighted by molar-refractivity contribution is 7.79. The molecular weight excluding hydrogens is 469 g/mol. The van der Waals surface area contributed by atoms with Crippen molar-refractivity contribution in [1.29, 1.82) is 0 Å². The number of amides is 1. The van der Waals surface area contributed by atoms with Gasteiger partial charge in [-0.1, -0.05) is 11.6 Å². The number of piperidine rings is 1. The van der Waals surface area contributed by atoms with E-state index in [-0.39, 0.29) is 29.5 Å². The van der Waals surface area contributed by atoms with Gasteiger partial charge in [-0.15, -0.1) is 0 Å². The topological polar surface area (TPSA) is 98.9 Å². The fourth-order valence-corrected chi connectivity index (χ4v) is 5.66. The van der Waals surface area contributed by atoms with Gasteiger partial charge in [0.15, 0.2) is 0 Å². The number of nitrogens with zero attached hydrogens (tertiary/aromatic N) is 2. The van der Waals surface area contributed by atoms with Gasteiger partial charge in [-0.2, -0.15) is 0 Å². The molecule has 0 radical (unpaired) electrons. The second-order valence-corrected chi connectivity index (χ2v) is 9.78.